The molecule has 1 heterocycles. The van der Waals surface area contributed by atoms with Crippen LogP contribution in [-0.4, -0.2) is 15.9 Å². The lowest BCUT2D eigenvalue weighted by molar-refractivity contribution is -0.120. The first kappa shape index (κ1) is 15.0. The second-order valence-electron chi connectivity index (χ2n) is 4.47. The molecular weight excluding hydrogens is 299 g/mol. The van der Waals surface area contributed by atoms with E-state index in [4.69, 9.17) is 27.7 Å². The Kier molecular flexibility index (Phi) is 4.78. The number of halogens is 2. The van der Waals surface area contributed by atoms with E-state index >= 15 is 0 Å². The van der Waals surface area contributed by atoms with Gasteiger partial charge in [-0.3, -0.25) is 4.79 Å². The van der Waals surface area contributed by atoms with Crippen LogP contribution in [0.4, 0.5) is 0 Å². The van der Waals surface area contributed by atoms with Gasteiger partial charge < -0.3 is 4.52 Å². The van der Waals surface area contributed by atoms with Gasteiger partial charge in [0.15, 0.2) is 5.82 Å². The summed E-state index contributed by atoms with van der Waals surface area (Å²) in [5, 5.41) is 4.99. The summed E-state index contributed by atoms with van der Waals surface area (Å²) in [5.74, 6) is 0.472. The van der Waals surface area contributed by atoms with E-state index < -0.39 is 0 Å². The molecule has 0 fully saturated rings. The van der Waals surface area contributed by atoms with Gasteiger partial charge in [-0.2, -0.15) is 4.98 Å². The minimum absolute atomic E-state index is 0.0657. The van der Waals surface area contributed by atoms with Crippen molar-refractivity contribution >= 4 is 29.0 Å². The molecule has 1 unspecified atom stereocenters. The summed E-state index contributed by atoms with van der Waals surface area (Å²) in [4.78, 5) is 15.9. The zero-order chi connectivity index (χ0) is 14.7. The van der Waals surface area contributed by atoms with Crippen LogP contribution in [0.5, 0.6) is 0 Å². The number of benzene rings is 1. The maximum Gasteiger partial charge on any atom is 0.236 e. The summed E-state index contributed by atoms with van der Waals surface area (Å²) in [6.45, 7) is 3.56. The van der Waals surface area contributed by atoms with Crippen LogP contribution in [0.1, 0.15) is 43.5 Å². The normalized spacial score (nSPS) is 12.4. The van der Waals surface area contributed by atoms with Crippen LogP contribution in [0.25, 0.3) is 0 Å². The predicted octanol–water partition coefficient (Wildman–Crippen LogP) is 4.05. The van der Waals surface area contributed by atoms with Crippen LogP contribution in [0.2, 0.25) is 10.0 Å². The van der Waals surface area contributed by atoms with Crippen LogP contribution >= 0.6 is 23.2 Å². The van der Waals surface area contributed by atoms with E-state index in [-0.39, 0.29) is 11.7 Å². The van der Waals surface area contributed by atoms with Gasteiger partial charge in [0.05, 0.1) is 5.92 Å². The lowest BCUT2D eigenvalue weighted by Crippen LogP contribution is -2.07. The third-order valence-corrected chi connectivity index (χ3v) is 3.79. The molecule has 106 valence electrons. The lowest BCUT2D eigenvalue weighted by atomic mass is 10.1. The number of aromatic nitrogens is 2. The van der Waals surface area contributed by atoms with Crippen LogP contribution in [0.3, 0.4) is 0 Å². The first-order chi connectivity index (χ1) is 9.52. The number of carbonyl (C=O) groups excluding carboxylic acids is 1. The highest BCUT2D eigenvalue weighted by Crippen LogP contribution is 2.26. The highest BCUT2D eigenvalue weighted by Gasteiger charge is 2.21. The summed E-state index contributed by atoms with van der Waals surface area (Å²) >= 11 is 12.2. The second-order valence-corrected chi connectivity index (χ2v) is 5.28. The fraction of sp³-hybridized carbons (Fsp3) is 0.357. The molecule has 6 heteroatoms. The molecule has 20 heavy (non-hydrogen) atoms. The zero-order valence-corrected chi connectivity index (χ0v) is 12.7. The highest BCUT2D eigenvalue weighted by atomic mass is 35.5. The van der Waals surface area contributed by atoms with E-state index in [0.717, 1.165) is 5.56 Å². The molecule has 0 amide bonds. The van der Waals surface area contributed by atoms with E-state index in [1.54, 1.807) is 32.0 Å². The standard InChI is InChI=1S/C14H14Cl2N2O2/c1-3-12(19)8(2)14-17-13(18-20-14)7-9-10(15)5-4-6-11(9)16/h4-6,8H,3,7H2,1-2H3. The van der Waals surface area contributed by atoms with Gasteiger partial charge in [0.25, 0.3) is 0 Å². The summed E-state index contributed by atoms with van der Waals surface area (Å²) in [5.41, 5.74) is 0.748. The van der Waals surface area contributed by atoms with Crippen molar-refractivity contribution in [3.8, 4) is 0 Å². The fourth-order valence-electron chi connectivity index (χ4n) is 1.82. The highest BCUT2D eigenvalue weighted by molar-refractivity contribution is 6.36. The van der Waals surface area contributed by atoms with Crippen molar-refractivity contribution in [1.82, 2.24) is 10.1 Å². The zero-order valence-electron chi connectivity index (χ0n) is 11.2. The van der Waals surface area contributed by atoms with Gasteiger partial charge in [-0.25, -0.2) is 0 Å². The first-order valence-corrected chi connectivity index (χ1v) is 7.06. The third-order valence-electron chi connectivity index (χ3n) is 3.08. The van der Waals surface area contributed by atoms with Crippen LogP contribution in [0.15, 0.2) is 22.7 Å². The van der Waals surface area contributed by atoms with Crippen molar-refractivity contribution in [2.75, 3.05) is 0 Å². The van der Waals surface area contributed by atoms with E-state index in [1.165, 1.54) is 0 Å². The molecule has 1 aromatic carbocycles. The molecule has 1 aromatic heterocycles. The smallest absolute Gasteiger partial charge is 0.236 e. The molecule has 0 aliphatic heterocycles. The monoisotopic (exact) mass is 312 g/mol. The number of nitrogens with zero attached hydrogens (tertiary/aromatic N) is 2. The van der Waals surface area contributed by atoms with Gasteiger partial charge in [-0.05, 0) is 24.6 Å². The van der Waals surface area contributed by atoms with E-state index in [1.807, 2.05) is 0 Å². The average molecular weight is 313 g/mol. The Morgan fingerprint density at radius 3 is 2.60 bits per heavy atom. The number of hydrogen-bond donors (Lipinski definition) is 0. The summed E-state index contributed by atoms with van der Waals surface area (Å²) in [6, 6.07) is 5.29. The predicted molar refractivity (Wildman–Crippen MR) is 77.3 cm³/mol. The Morgan fingerprint density at radius 2 is 2.00 bits per heavy atom. The lowest BCUT2D eigenvalue weighted by Gasteiger charge is -2.03. The van der Waals surface area contributed by atoms with Crippen molar-refractivity contribution in [3.63, 3.8) is 0 Å². The largest absolute Gasteiger partial charge is 0.339 e. The maximum atomic E-state index is 11.6. The molecule has 2 rings (SSSR count). The fourth-order valence-corrected chi connectivity index (χ4v) is 2.35. The average Bonchev–Trinajstić information content (AvgIpc) is 2.90. The number of ketones is 1. The molecule has 0 N–H and O–H groups in total. The van der Waals surface area contributed by atoms with Gasteiger partial charge in [0.2, 0.25) is 5.89 Å². The van der Waals surface area contributed by atoms with Crippen molar-refractivity contribution in [3.05, 3.63) is 45.5 Å². The molecule has 0 saturated carbocycles. The maximum absolute atomic E-state index is 11.6. The summed E-state index contributed by atoms with van der Waals surface area (Å²) < 4.78 is 5.13. The summed E-state index contributed by atoms with van der Waals surface area (Å²) in [6.07, 6.45) is 0.810. The SMILES string of the molecule is CCC(=O)C(C)c1nc(Cc2c(Cl)cccc2Cl)no1. The van der Waals surface area contributed by atoms with Crippen molar-refractivity contribution in [1.29, 1.82) is 0 Å². The van der Waals surface area contributed by atoms with Crippen LogP contribution in [0, 0.1) is 0 Å². The molecule has 0 spiro atoms. The quantitative estimate of drug-likeness (QED) is 0.835. The molecule has 0 aliphatic rings. The van der Waals surface area contributed by atoms with Crippen molar-refractivity contribution < 1.29 is 9.32 Å². The Balaban J connectivity index is 2.20. The van der Waals surface area contributed by atoms with Gasteiger partial charge in [0, 0.05) is 22.9 Å². The van der Waals surface area contributed by atoms with Gasteiger partial charge in [-0.1, -0.05) is 41.3 Å². The van der Waals surface area contributed by atoms with Crippen molar-refractivity contribution in [2.45, 2.75) is 32.6 Å². The second kappa shape index (κ2) is 6.37. The van der Waals surface area contributed by atoms with Crippen molar-refractivity contribution in [2.24, 2.45) is 0 Å². The number of hydrogen-bond acceptors (Lipinski definition) is 4. The molecule has 0 saturated heterocycles. The number of carbonyl (C=O) groups is 1. The third kappa shape index (κ3) is 3.19. The van der Waals surface area contributed by atoms with Gasteiger partial charge >= 0.3 is 0 Å². The van der Waals surface area contributed by atoms with Crippen LogP contribution < -0.4 is 0 Å². The molecular formula is C14H14Cl2N2O2. The Morgan fingerprint density at radius 1 is 1.35 bits per heavy atom. The van der Waals surface area contributed by atoms with Crippen LogP contribution in [-0.2, 0) is 11.2 Å². The molecule has 1 atom stereocenters. The van der Waals surface area contributed by atoms with Gasteiger partial charge in [0.1, 0.15) is 5.78 Å². The summed E-state index contributed by atoms with van der Waals surface area (Å²) in [7, 11) is 0. The molecule has 2 aromatic rings. The topological polar surface area (TPSA) is 56.0 Å². The van der Waals surface area contributed by atoms with E-state index in [2.05, 4.69) is 10.1 Å². The number of Topliss-reactive ketones (excluding diaryl/α,β-unsaturated/α-hetero) is 1. The van der Waals surface area contributed by atoms with Gasteiger partial charge in [-0.15, -0.1) is 0 Å². The first-order valence-electron chi connectivity index (χ1n) is 6.31. The molecule has 0 bridgehead atoms. The Labute approximate surface area is 127 Å². The Bertz CT molecular complexity index is 605. The minimum Gasteiger partial charge on any atom is -0.339 e. The van der Waals surface area contributed by atoms with E-state index in [9.17, 15) is 4.79 Å². The molecule has 4 nitrogen and oxygen atoms in total. The molecule has 0 aliphatic carbocycles. The minimum atomic E-state index is -0.386. The number of rotatable bonds is 5. The Hall–Kier alpha value is -1.39. The van der Waals surface area contributed by atoms with E-state index in [0.29, 0.717) is 34.6 Å². The molecule has 0 radical (unpaired) electrons.